The van der Waals surface area contributed by atoms with Crippen LogP contribution in [0.3, 0.4) is 0 Å². The molecular formula is C10H14O5. The van der Waals surface area contributed by atoms with E-state index in [2.05, 4.69) is 22.6 Å². The van der Waals surface area contributed by atoms with Gasteiger partial charge in [0.2, 0.25) is 0 Å². The van der Waals surface area contributed by atoms with Gasteiger partial charge in [0, 0.05) is 12.2 Å². The van der Waals surface area contributed by atoms with Crippen LogP contribution in [0.5, 0.6) is 0 Å². The van der Waals surface area contributed by atoms with Crippen LogP contribution in [0.4, 0.5) is 0 Å². The summed E-state index contributed by atoms with van der Waals surface area (Å²) in [7, 11) is 0. The van der Waals surface area contributed by atoms with Gasteiger partial charge in [-0.25, -0.2) is 9.59 Å². The van der Waals surface area contributed by atoms with Crippen LogP contribution in [0, 0.1) is 0 Å². The molecule has 0 rings (SSSR count). The van der Waals surface area contributed by atoms with Crippen LogP contribution in [-0.4, -0.2) is 23.7 Å². The molecule has 0 spiro atoms. The maximum Gasteiger partial charge on any atom is 0.330 e. The van der Waals surface area contributed by atoms with E-state index in [0.29, 0.717) is 0 Å². The highest BCUT2D eigenvalue weighted by atomic mass is 16.5. The molecular weight excluding hydrogens is 200 g/mol. The van der Waals surface area contributed by atoms with E-state index >= 15 is 0 Å². The number of hydrogen-bond donors (Lipinski definition) is 1. The minimum absolute atomic E-state index is 0.253. The number of ether oxygens (including phenoxy) is 2. The molecule has 0 aromatic carbocycles. The highest BCUT2D eigenvalue weighted by Gasteiger charge is 1.94. The molecule has 1 N–H and O–H groups in total. The zero-order chi connectivity index (χ0) is 12.1. The molecule has 0 bridgehead atoms. The Morgan fingerprint density at radius 2 is 1.80 bits per heavy atom. The molecule has 0 saturated carbocycles. The van der Waals surface area contributed by atoms with E-state index in [9.17, 15) is 9.59 Å². The number of carbonyl (C=O) groups excluding carboxylic acids is 1. The van der Waals surface area contributed by atoms with Gasteiger partial charge in [0.05, 0.1) is 19.1 Å². The maximum absolute atomic E-state index is 10.4. The molecule has 0 saturated heterocycles. The second-order valence-corrected chi connectivity index (χ2v) is 1.89. The Bertz CT molecular complexity index is 236. The second-order valence-electron chi connectivity index (χ2n) is 1.89. The average Bonchev–Trinajstić information content (AvgIpc) is 2.17. The van der Waals surface area contributed by atoms with Crippen molar-refractivity contribution in [1.82, 2.24) is 0 Å². The van der Waals surface area contributed by atoms with E-state index < -0.39 is 11.9 Å². The van der Waals surface area contributed by atoms with Crippen molar-refractivity contribution in [1.29, 1.82) is 0 Å². The van der Waals surface area contributed by atoms with E-state index in [1.54, 1.807) is 6.92 Å². The summed E-state index contributed by atoms with van der Waals surface area (Å²) in [5.74, 6) is -1.79. The van der Waals surface area contributed by atoms with Crippen LogP contribution >= 0.6 is 0 Å². The van der Waals surface area contributed by atoms with Crippen LogP contribution < -0.4 is 0 Å². The van der Waals surface area contributed by atoms with Gasteiger partial charge in [-0.05, 0) is 6.92 Å². The number of carbonyl (C=O) groups is 2. The highest BCUT2D eigenvalue weighted by Crippen LogP contribution is 1.80. The van der Waals surface area contributed by atoms with Crippen LogP contribution in [0.1, 0.15) is 6.92 Å². The minimum atomic E-state index is -1.16. The van der Waals surface area contributed by atoms with E-state index in [4.69, 9.17) is 5.11 Å². The summed E-state index contributed by atoms with van der Waals surface area (Å²) < 4.78 is 8.76. The summed E-state index contributed by atoms with van der Waals surface area (Å²) in [5, 5.41) is 8.04. The van der Waals surface area contributed by atoms with Crippen molar-refractivity contribution in [2.75, 3.05) is 6.61 Å². The smallest absolute Gasteiger partial charge is 0.330 e. The Kier molecular flexibility index (Phi) is 12.3. The first-order chi connectivity index (χ1) is 7.08. The highest BCUT2D eigenvalue weighted by molar-refractivity contribution is 5.90. The van der Waals surface area contributed by atoms with E-state index in [1.165, 1.54) is 12.5 Å². The summed E-state index contributed by atoms with van der Waals surface area (Å²) in [5.41, 5.74) is 0. The number of esters is 1. The monoisotopic (exact) mass is 214 g/mol. The zero-order valence-corrected chi connectivity index (χ0v) is 8.51. The summed E-state index contributed by atoms with van der Waals surface area (Å²) >= 11 is 0. The van der Waals surface area contributed by atoms with Crippen LogP contribution in [-0.2, 0) is 19.1 Å². The standard InChI is InChI=1S/C6H8O4.C4H6O/c1-2-10-6(9)4-3-5(7)8;1-3-5-4-2/h3-4H,2H2,1H3,(H,7,8);3-4H,1-2H2/b4-3-;. The van der Waals surface area contributed by atoms with Crippen molar-refractivity contribution < 1.29 is 24.2 Å². The lowest BCUT2D eigenvalue weighted by Crippen LogP contribution is -2.00. The van der Waals surface area contributed by atoms with Gasteiger partial charge in [-0.2, -0.15) is 0 Å². The van der Waals surface area contributed by atoms with Crippen molar-refractivity contribution >= 4 is 11.9 Å². The van der Waals surface area contributed by atoms with Gasteiger partial charge in [-0.15, -0.1) is 0 Å². The lowest BCUT2D eigenvalue weighted by atomic mass is 10.5. The molecule has 15 heavy (non-hydrogen) atoms. The lowest BCUT2D eigenvalue weighted by Gasteiger charge is -1.92. The van der Waals surface area contributed by atoms with E-state index in [-0.39, 0.29) is 6.61 Å². The molecule has 0 fully saturated rings. The fourth-order valence-corrected chi connectivity index (χ4v) is 0.398. The number of carboxylic acids is 1. The number of aliphatic carboxylic acids is 1. The summed E-state index contributed by atoms with van der Waals surface area (Å²) in [6.07, 6.45) is 4.23. The lowest BCUT2D eigenvalue weighted by molar-refractivity contribution is -0.138. The topological polar surface area (TPSA) is 72.8 Å². The van der Waals surface area contributed by atoms with E-state index in [1.807, 2.05) is 0 Å². The quantitative estimate of drug-likeness (QED) is 0.426. The predicted molar refractivity (Wildman–Crippen MR) is 54.9 cm³/mol. The maximum atomic E-state index is 10.4. The van der Waals surface area contributed by atoms with E-state index in [0.717, 1.165) is 12.2 Å². The molecule has 5 nitrogen and oxygen atoms in total. The summed E-state index contributed by atoms with van der Waals surface area (Å²) in [6, 6.07) is 0. The molecule has 0 radical (unpaired) electrons. The SMILES string of the molecule is C=COC=C.CCOC(=O)/C=C\C(=O)O. The first kappa shape index (κ1) is 15.4. The first-order valence-corrected chi connectivity index (χ1v) is 4.03. The van der Waals surface area contributed by atoms with Crippen molar-refractivity contribution in [3.63, 3.8) is 0 Å². The largest absolute Gasteiger partial charge is 0.478 e. The van der Waals surface area contributed by atoms with Crippen molar-refractivity contribution in [3.05, 3.63) is 37.8 Å². The van der Waals surface area contributed by atoms with Crippen LogP contribution in [0.15, 0.2) is 37.8 Å². The van der Waals surface area contributed by atoms with Crippen LogP contribution in [0.2, 0.25) is 0 Å². The van der Waals surface area contributed by atoms with Crippen molar-refractivity contribution in [2.24, 2.45) is 0 Å². The molecule has 0 aliphatic carbocycles. The molecule has 0 aromatic heterocycles. The zero-order valence-electron chi connectivity index (χ0n) is 8.51. The van der Waals surface area contributed by atoms with Gasteiger partial charge in [0.15, 0.2) is 0 Å². The molecule has 0 aliphatic rings. The third-order valence-electron chi connectivity index (χ3n) is 0.841. The van der Waals surface area contributed by atoms with Gasteiger partial charge in [-0.3, -0.25) is 0 Å². The number of carboxylic acid groups (broad SMARTS) is 1. The van der Waals surface area contributed by atoms with Gasteiger partial charge in [-0.1, -0.05) is 13.2 Å². The molecule has 0 unspecified atom stereocenters. The Hall–Kier alpha value is -2.04. The summed E-state index contributed by atoms with van der Waals surface area (Å²) in [4.78, 5) is 20.2. The molecule has 0 aliphatic heterocycles. The Balaban J connectivity index is 0. The molecule has 0 heterocycles. The Morgan fingerprint density at radius 1 is 1.27 bits per heavy atom. The molecule has 5 heteroatoms. The first-order valence-electron chi connectivity index (χ1n) is 4.03. The second kappa shape index (κ2) is 12.0. The third kappa shape index (κ3) is 18.7. The molecule has 0 aromatic rings. The fourth-order valence-electron chi connectivity index (χ4n) is 0.398. The van der Waals surface area contributed by atoms with Gasteiger partial charge >= 0.3 is 11.9 Å². The van der Waals surface area contributed by atoms with Gasteiger partial charge < -0.3 is 14.6 Å². The van der Waals surface area contributed by atoms with Gasteiger partial charge in [0.25, 0.3) is 0 Å². The molecule has 0 amide bonds. The Labute approximate surface area is 88.3 Å². The molecule has 84 valence electrons. The number of rotatable bonds is 5. The molecule has 0 atom stereocenters. The third-order valence-corrected chi connectivity index (χ3v) is 0.841. The van der Waals surface area contributed by atoms with Gasteiger partial charge in [0.1, 0.15) is 0 Å². The Morgan fingerprint density at radius 3 is 2.07 bits per heavy atom. The van der Waals surface area contributed by atoms with Crippen LogP contribution in [0.25, 0.3) is 0 Å². The van der Waals surface area contributed by atoms with Crippen molar-refractivity contribution in [3.8, 4) is 0 Å². The van der Waals surface area contributed by atoms with Crippen molar-refractivity contribution in [2.45, 2.75) is 6.92 Å². The number of hydrogen-bond acceptors (Lipinski definition) is 4. The fraction of sp³-hybridized carbons (Fsp3) is 0.200. The summed E-state index contributed by atoms with van der Waals surface area (Å²) in [6.45, 7) is 8.41. The minimum Gasteiger partial charge on any atom is -0.478 e. The average molecular weight is 214 g/mol. The normalized spacial score (nSPS) is 8.33. The predicted octanol–water partition coefficient (Wildman–Crippen LogP) is 1.48.